The van der Waals surface area contributed by atoms with Crippen LogP contribution in [-0.2, 0) is 22.7 Å². The Morgan fingerprint density at radius 2 is 1.57 bits per heavy atom. The topological polar surface area (TPSA) is 84.9 Å². The number of benzene rings is 3. The molecule has 1 amide bonds. The highest BCUT2D eigenvalue weighted by Gasteiger charge is 2.19. The van der Waals surface area contributed by atoms with Gasteiger partial charge in [0.25, 0.3) is 5.91 Å². The Balaban J connectivity index is 1.49. The van der Waals surface area contributed by atoms with Crippen LogP contribution in [0.3, 0.4) is 0 Å². The molecule has 154 valence electrons. The Hall–Kier alpha value is -3.64. The monoisotopic (exact) mass is 405 g/mol. The van der Waals surface area contributed by atoms with E-state index in [-0.39, 0.29) is 6.61 Å². The summed E-state index contributed by atoms with van der Waals surface area (Å²) >= 11 is 0. The average Bonchev–Trinajstić information content (AvgIpc) is 2.79. The summed E-state index contributed by atoms with van der Waals surface area (Å²) < 4.78 is 10.9. The van der Waals surface area contributed by atoms with E-state index in [0.29, 0.717) is 29.2 Å². The van der Waals surface area contributed by atoms with Crippen LogP contribution in [0, 0.1) is 0 Å². The molecule has 30 heavy (non-hydrogen) atoms. The second kappa shape index (κ2) is 10.2. The number of rotatable bonds is 8. The van der Waals surface area contributed by atoms with E-state index in [1.807, 2.05) is 30.3 Å². The van der Waals surface area contributed by atoms with Crippen LogP contribution in [-0.4, -0.2) is 23.1 Å². The summed E-state index contributed by atoms with van der Waals surface area (Å²) in [5.41, 5.74) is 2.64. The third-order valence-corrected chi connectivity index (χ3v) is 4.40. The number of carbonyl (C=O) groups is 2. The van der Waals surface area contributed by atoms with Gasteiger partial charge in [0.2, 0.25) is 0 Å². The van der Waals surface area contributed by atoms with Gasteiger partial charge in [-0.3, -0.25) is 4.79 Å². The minimum atomic E-state index is -0.968. The molecular weight excluding hydrogens is 382 g/mol. The Kier molecular flexibility index (Phi) is 7.19. The van der Waals surface area contributed by atoms with Crippen LogP contribution in [0.2, 0.25) is 0 Å². The van der Waals surface area contributed by atoms with Crippen LogP contribution in [0.4, 0.5) is 5.69 Å². The highest BCUT2D eigenvalue weighted by molar-refractivity contribution is 5.97. The van der Waals surface area contributed by atoms with Gasteiger partial charge in [-0.05, 0) is 54.4 Å². The first-order valence-corrected chi connectivity index (χ1v) is 9.53. The zero-order valence-electron chi connectivity index (χ0n) is 16.6. The van der Waals surface area contributed by atoms with Crippen LogP contribution in [0.1, 0.15) is 28.4 Å². The number of hydrogen-bond acceptors (Lipinski definition) is 5. The van der Waals surface area contributed by atoms with Gasteiger partial charge in [-0.25, -0.2) is 4.79 Å². The summed E-state index contributed by atoms with van der Waals surface area (Å²) in [6.07, 6.45) is -0.968. The first-order chi connectivity index (χ1) is 14.5. The molecule has 2 N–H and O–H groups in total. The van der Waals surface area contributed by atoms with Crippen molar-refractivity contribution in [3.8, 4) is 5.75 Å². The van der Waals surface area contributed by atoms with Crippen LogP contribution in [0.25, 0.3) is 0 Å². The van der Waals surface area contributed by atoms with Gasteiger partial charge < -0.3 is 19.9 Å². The molecular formula is C24H23NO5. The third-order valence-electron chi connectivity index (χ3n) is 4.40. The van der Waals surface area contributed by atoms with E-state index >= 15 is 0 Å². The molecule has 0 bridgehead atoms. The fraction of sp³-hybridized carbons (Fsp3) is 0.167. The van der Waals surface area contributed by atoms with Crippen molar-refractivity contribution in [2.75, 3.05) is 5.32 Å². The quantitative estimate of drug-likeness (QED) is 0.555. The molecule has 0 radical (unpaired) electrons. The molecule has 0 aromatic heterocycles. The average molecular weight is 405 g/mol. The van der Waals surface area contributed by atoms with Crippen molar-refractivity contribution < 1.29 is 24.2 Å². The highest BCUT2D eigenvalue weighted by atomic mass is 16.5. The maximum absolute atomic E-state index is 12.3. The molecule has 1 atom stereocenters. The van der Waals surface area contributed by atoms with E-state index in [1.165, 1.54) is 6.92 Å². The zero-order chi connectivity index (χ0) is 21.3. The highest BCUT2D eigenvalue weighted by Crippen LogP contribution is 2.18. The second-order valence-corrected chi connectivity index (χ2v) is 6.69. The Morgan fingerprint density at radius 1 is 0.900 bits per heavy atom. The Labute approximate surface area is 175 Å². The molecule has 0 saturated carbocycles. The molecule has 3 rings (SSSR count). The normalized spacial score (nSPS) is 11.4. The maximum atomic E-state index is 12.3. The number of aliphatic hydroxyl groups excluding tert-OH is 1. The summed E-state index contributed by atoms with van der Waals surface area (Å²) in [6, 6.07) is 23.1. The lowest BCUT2D eigenvalue weighted by Crippen LogP contribution is -2.30. The second-order valence-electron chi connectivity index (χ2n) is 6.69. The fourth-order valence-electron chi connectivity index (χ4n) is 2.65. The molecule has 0 unspecified atom stereocenters. The minimum Gasteiger partial charge on any atom is -0.489 e. The van der Waals surface area contributed by atoms with Crippen LogP contribution < -0.4 is 10.1 Å². The predicted octanol–water partition coefficient (Wildman–Crippen LogP) is 3.94. The van der Waals surface area contributed by atoms with Crippen molar-refractivity contribution in [2.24, 2.45) is 0 Å². The van der Waals surface area contributed by atoms with Gasteiger partial charge in [-0.2, -0.15) is 0 Å². The fourth-order valence-corrected chi connectivity index (χ4v) is 2.65. The molecule has 0 aliphatic heterocycles. The smallest absolute Gasteiger partial charge is 0.338 e. The van der Waals surface area contributed by atoms with E-state index in [1.54, 1.807) is 48.5 Å². The van der Waals surface area contributed by atoms with Crippen molar-refractivity contribution in [2.45, 2.75) is 26.2 Å². The van der Waals surface area contributed by atoms with Crippen molar-refractivity contribution in [3.05, 3.63) is 95.6 Å². The number of anilines is 1. The molecule has 0 heterocycles. The van der Waals surface area contributed by atoms with Crippen molar-refractivity contribution >= 4 is 17.6 Å². The van der Waals surface area contributed by atoms with Crippen molar-refractivity contribution in [1.82, 2.24) is 0 Å². The summed E-state index contributed by atoms with van der Waals surface area (Å²) in [4.78, 5) is 24.5. The molecule has 3 aromatic rings. The Morgan fingerprint density at radius 3 is 2.20 bits per heavy atom. The molecule has 6 heteroatoms. The lowest BCUT2D eigenvalue weighted by Gasteiger charge is -2.14. The van der Waals surface area contributed by atoms with Gasteiger partial charge in [-0.15, -0.1) is 0 Å². The number of esters is 1. The minimum absolute atomic E-state index is 0.107. The summed E-state index contributed by atoms with van der Waals surface area (Å²) in [6.45, 7) is 1.86. The van der Waals surface area contributed by atoms with E-state index < -0.39 is 18.0 Å². The standard InChI is InChI=1S/C24H23NO5/c1-17(30-24(28)20-9-7-18(15-26)8-10-20)23(27)25-21-11-13-22(14-12-21)29-16-19-5-3-2-4-6-19/h2-14,17,26H,15-16H2,1H3,(H,25,27)/t17-/m1/s1. The SMILES string of the molecule is C[C@@H](OC(=O)c1ccc(CO)cc1)C(=O)Nc1ccc(OCc2ccccc2)cc1. The van der Waals surface area contributed by atoms with Crippen LogP contribution in [0.15, 0.2) is 78.9 Å². The lowest BCUT2D eigenvalue weighted by atomic mass is 10.1. The van der Waals surface area contributed by atoms with Crippen LogP contribution in [0.5, 0.6) is 5.75 Å². The lowest BCUT2D eigenvalue weighted by molar-refractivity contribution is -0.123. The predicted molar refractivity (Wildman–Crippen MR) is 113 cm³/mol. The van der Waals surface area contributed by atoms with Crippen molar-refractivity contribution in [1.29, 1.82) is 0 Å². The molecule has 6 nitrogen and oxygen atoms in total. The number of ether oxygens (including phenoxy) is 2. The molecule has 0 aliphatic rings. The zero-order valence-corrected chi connectivity index (χ0v) is 16.6. The summed E-state index contributed by atoms with van der Waals surface area (Å²) in [5, 5.41) is 11.8. The van der Waals surface area contributed by atoms with Crippen LogP contribution >= 0.6 is 0 Å². The summed E-state index contributed by atoms with van der Waals surface area (Å²) in [5.74, 6) is -0.359. The van der Waals surface area contributed by atoms with Gasteiger partial charge in [0.1, 0.15) is 12.4 Å². The number of nitrogens with one attached hydrogen (secondary N) is 1. The van der Waals surface area contributed by atoms with Gasteiger partial charge in [0.15, 0.2) is 6.10 Å². The van der Waals surface area contributed by atoms with Gasteiger partial charge in [0.05, 0.1) is 12.2 Å². The van der Waals surface area contributed by atoms with E-state index in [0.717, 1.165) is 5.56 Å². The van der Waals surface area contributed by atoms with E-state index in [2.05, 4.69) is 5.32 Å². The van der Waals surface area contributed by atoms with Gasteiger partial charge in [0, 0.05) is 5.69 Å². The Bertz CT molecular complexity index is 969. The summed E-state index contributed by atoms with van der Waals surface area (Å²) in [7, 11) is 0. The molecule has 0 aliphatic carbocycles. The largest absolute Gasteiger partial charge is 0.489 e. The number of amides is 1. The third kappa shape index (κ3) is 5.93. The molecule has 0 fully saturated rings. The van der Waals surface area contributed by atoms with Crippen molar-refractivity contribution in [3.63, 3.8) is 0 Å². The van der Waals surface area contributed by atoms with Gasteiger partial charge >= 0.3 is 5.97 Å². The molecule has 0 saturated heterocycles. The molecule has 0 spiro atoms. The maximum Gasteiger partial charge on any atom is 0.338 e. The first-order valence-electron chi connectivity index (χ1n) is 9.53. The number of aliphatic hydroxyl groups is 1. The number of carbonyl (C=O) groups excluding carboxylic acids is 2. The number of hydrogen-bond donors (Lipinski definition) is 2. The van der Waals surface area contributed by atoms with Gasteiger partial charge in [-0.1, -0.05) is 42.5 Å². The van der Waals surface area contributed by atoms with E-state index in [4.69, 9.17) is 14.6 Å². The first kappa shape index (κ1) is 21.1. The van der Waals surface area contributed by atoms with E-state index in [9.17, 15) is 9.59 Å². The molecule has 3 aromatic carbocycles.